The monoisotopic (exact) mass is 299 g/mol. The second-order valence-corrected chi connectivity index (χ2v) is 5.77. The minimum atomic E-state index is -4.37. The number of carbonyl (C=O) groups excluding carboxylic acids is 1. The van der Waals surface area contributed by atoms with E-state index in [9.17, 15) is 18.0 Å². The molecule has 1 saturated heterocycles. The number of piperidine rings is 1. The summed E-state index contributed by atoms with van der Waals surface area (Å²) < 4.78 is 38.1. The van der Waals surface area contributed by atoms with Gasteiger partial charge in [0.1, 0.15) is 0 Å². The third kappa shape index (κ3) is 3.12. The maximum atomic E-state index is 12.8. The first-order valence-corrected chi connectivity index (χ1v) is 7.23. The van der Waals surface area contributed by atoms with Gasteiger partial charge in [0.2, 0.25) is 0 Å². The molecule has 1 N–H and O–H groups in total. The Morgan fingerprint density at radius 2 is 2.10 bits per heavy atom. The highest BCUT2D eigenvalue weighted by molar-refractivity contribution is 6.02. The molecular weight excluding hydrogens is 279 g/mol. The Labute approximate surface area is 122 Å². The number of rotatable bonds is 3. The second-order valence-electron chi connectivity index (χ2n) is 5.77. The zero-order chi connectivity index (χ0) is 15.7. The Bertz CT molecular complexity index is 531. The lowest BCUT2D eigenvalue weighted by molar-refractivity contribution is -0.137. The van der Waals surface area contributed by atoms with Gasteiger partial charge in [0.15, 0.2) is 5.78 Å². The van der Waals surface area contributed by atoms with Crippen LogP contribution >= 0.6 is 0 Å². The molecule has 0 saturated carbocycles. The Morgan fingerprint density at radius 3 is 2.57 bits per heavy atom. The minimum Gasteiger partial charge on any atom is -0.316 e. The quantitative estimate of drug-likeness (QED) is 0.855. The summed E-state index contributed by atoms with van der Waals surface area (Å²) in [5, 5.41) is 3.23. The summed E-state index contributed by atoms with van der Waals surface area (Å²) in [6.07, 6.45) is -1.98. The van der Waals surface area contributed by atoms with Gasteiger partial charge < -0.3 is 5.32 Å². The van der Waals surface area contributed by atoms with Gasteiger partial charge in [-0.05, 0) is 50.4 Å². The first-order valence-electron chi connectivity index (χ1n) is 7.23. The summed E-state index contributed by atoms with van der Waals surface area (Å²) in [5.41, 5.74) is -0.381. The topological polar surface area (TPSA) is 29.1 Å². The van der Waals surface area contributed by atoms with E-state index in [1.54, 1.807) is 6.92 Å². The molecular formula is C16H20F3NO. The van der Waals surface area contributed by atoms with Crippen molar-refractivity contribution in [1.82, 2.24) is 5.32 Å². The summed E-state index contributed by atoms with van der Waals surface area (Å²) in [4.78, 5) is 12.8. The van der Waals surface area contributed by atoms with E-state index in [-0.39, 0.29) is 5.78 Å². The van der Waals surface area contributed by atoms with Crippen LogP contribution in [0.5, 0.6) is 0 Å². The standard InChI is InChI=1S/C16H20F3NO/c1-3-15(7-4-8-20-10-15)14(21)13-6-5-12(9-11(13)2)16(17,18)19/h5-6,9,20H,3-4,7-8,10H2,1-2H3. The zero-order valence-corrected chi connectivity index (χ0v) is 12.3. The molecule has 1 atom stereocenters. The highest BCUT2D eigenvalue weighted by Crippen LogP contribution is 2.36. The van der Waals surface area contributed by atoms with Crippen LogP contribution in [0.15, 0.2) is 18.2 Å². The van der Waals surface area contributed by atoms with Crippen molar-refractivity contribution in [3.8, 4) is 0 Å². The molecule has 2 rings (SSSR count). The number of hydrogen-bond acceptors (Lipinski definition) is 2. The highest BCUT2D eigenvalue weighted by atomic mass is 19.4. The SMILES string of the molecule is CCC1(C(=O)c2ccc(C(F)(F)F)cc2C)CCCNC1. The normalized spacial score (nSPS) is 23.1. The van der Waals surface area contributed by atoms with Gasteiger partial charge in [-0.3, -0.25) is 4.79 Å². The molecule has 1 aromatic rings. The van der Waals surface area contributed by atoms with Crippen molar-refractivity contribution in [2.45, 2.75) is 39.3 Å². The lowest BCUT2D eigenvalue weighted by atomic mass is 9.72. The molecule has 0 bridgehead atoms. The molecule has 116 valence electrons. The van der Waals surface area contributed by atoms with Crippen LogP contribution in [0.2, 0.25) is 0 Å². The van der Waals surface area contributed by atoms with Gasteiger partial charge in [-0.15, -0.1) is 0 Å². The van der Waals surface area contributed by atoms with E-state index in [4.69, 9.17) is 0 Å². The Balaban J connectivity index is 2.35. The van der Waals surface area contributed by atoms with E-state index in [0.717, 1.165) is 31.5 Å². The third-order valence-electron chi connectivity index (χ3n) is 4.43. The fourth-order valence-electron chi connectivity index (χ4n) is 3.00. The molecule has 0 spiro atoms. The van der Waals surface area contributed by atoms with Crippen LogP contribution in [0.1, 0.15) is 47.7 Å². The van der Waals surface area contributed by atoms with Crippen molar-refractivity contribution in [3.05, 3.63) is 34.9 Å². The number of Topliss-reactive ketones (excluding diaryl/α,β-unsaturated/α-hetero) is 1. The van der Waals surface area contributed by atoms with Crippen LogP contribution in [0.25, 0.3) is 0 Å². The van der Waals surface area contributed by atoms with Crippen LogP contribution in [0.3, 0.4) is 0 Å². The number of alkyl halides is 3. The number of hydrogen-bond donors (Lipinski definition) is 1. The summed E-state index contributed by atoms with van der Waals surface area (Å²) in [6, 6.07) is 3.39. The molecule has 0 aromatic heterocycles. The van der Waals surface area contributed by atoms with Crippen LogP contribution in [-0.2, 0) is 6.18 Å². The van der Waals surface area contributed by atoms with Crippen molar-refractivity contribution < 1.29 is 18.0 Å². The van der Waals surface area contributed by atoms with Gasteiger partial charge in [-0.25, -0.2) is 0 Å². The Hall–Kier alpha value is -1.36. The molecule has 0 amide bonds. The average molecular weight is 299 g/mol. The van der Waals surface area contributed by atoms with Gasteiger partial charge in [0.05, 0.1) is 5.56 Å². The smallest absolute Gasteiger partial charge is 0.316 e. The summed E-state index contributed by atoms with van der Waals surface area (Å²) in [7, 11) is 0. The van der Waals surface area contributed by atoms with Crippen molar-refractivity contribution in [2.24, 2.45) is 5.41 Å². The fourth-order valence-corrected chi connectivity index (χ4v) is 3.00. The predicted molar refractivity (Wildman–Crippen MR) is 75.3 cm³/mol. The van der Waals surface area contributed by atoms with Gasteiger partial charge in [0, 0.05) is 17.5 Å². The molecule has 1 fully saturated rings. The summed E-state index contributed by atoms with van der Waals surface area (Å²) in [6.45, 7) is 5.02. The fraction of sp³-hybridized carbons (Fsp3) is 0.562. The summed E-state index contributed by atoms with van der Waals surface area (Å²) >= 11 is 0. The first kappa shape index (κ1) is 16.0. The minimum absolute atomic E-state index is 0.0385. The lowest BCUT2D eigenvalue weighted by Gasteiger charge is -2.36. The van der Waals surface area contributed by atoms with Crippen molar-refractivity contribution >= 4 is 5.78 Å². The van der Waals surface area contributed by atoms with Gasteiger partial charge in [0.25, 0.3) is 0 Å². The average Bonchev–Trinajstić information content (AvgIpc) is 2.46. The molecule has 5 heteroatoms. The molecule has 0 radical (unpaired) electrons. The molecule has 0 aliphatic carbocycles. The molecule has 1 aliphatic heterocycles. The number of carbonyl (C=O) groups is 1. The van der Waals surface area contributed by atoms with E-state index in [2.05, 4.69) is 5.32 Å². The number of ketones is 1. The van der Waals surface area contributed by atoms with E-state index in [1.807, 2.05) is 6.92 Å². The maximum Gasteiger partial charge on any atom is 0.416 e. The van der Waals surface area contributed by atoms with Gasteiger partial charge in [-0.2, -0.15) is 13.2 Å². The molecule has 1 aromatic carbocycles. The molecule has 1 heterocycles. The second kappa shape index (κ2) is 5.79. The Morgan fingerprint density at radius 1 is 1.38 bits per heavy atom. The number of benzene rings is 1. The number of halogens is 3. The predicted octanol–water partition coefficient (Wildman–Crippen LogP) is 3.98. The highest BCUT2D eigenvalue weighted by Gasteiger charge is 2.39. The molecule has 21 heavy (non-hydrogen) atoms. The first-order chi connectivity index (χ1) is 9.80. The van der Waals surface area contributed by atoms with E-state index < -0.39 is 17.2 Å². The van der Waals surface area contributed by atoms with E-state index >= 15 is 0 Å². The molecule has 2 nitrogen and oxygen atoms in total. The van der Waals surface area contributed by atoms with Crippen LogP contribution < -0.4 is 5.32 Å². The van der Waals surface area contributed by atoms with Gasteiger partial charge in [-0.1, -0.05) is 13.0 Å². The van der Waals surface area contributed by atoms with Gasteiger partial charge >= 0.3 is 6.18 Å². The van der Waals surface area contributed by atoms with E-state index in [0.29, 0.717) is 24.1 Å². The third-order valence-corrected chi connectivity index (χ3v) is 4.43. The van der Waals surface area contributed by atoms with Crippen molar-refractivity contribution in [3.63, 3.8) is 0 Å². The summed E-state index contributed by atoms with van der Waals surface area (Å²) in [5.74, 6) is -0.0385. The van der Waals surface area contributed by atoms with Crippen LogP contribution in [0, 0.1) is 12.3 Å². The zero-order valence-electron chi connectivity index (χ0n) is 12.3. The maximum absolute atomic E-state index is 12.8. The molecule has 1 unspecified atom stereocenters. The van der Waals surface area contributed by atoms with Crippen molar-refractivity contribution in [1.29, 1.82) is 0 Å². The number of aryl methyl sites for hydroxylation is 1. The van der Waals surface area contributed by atoms with Crippen LogP contribution in [-0.4, -0.2) is 18.9 Å². The van der Waals surface area contributed by atoms with Crippen molar-refractivity contribution in [2.75, 3.05) is 13.1 Å². The van der Waals surface area contributed by atoms with E-state index in [1.165, 1.54) is 6.07 Å². The van der Waals surface area contributed by atoms with Crippen LogP contribution in [0.4, 0.5) is 13.2 Å². The largest absolute Gasteiger partial charge is 0.416 e. The number of nitrogens with one attached hydrogen (secondary N) is 1. The molecule has 1 aliphatic rings. The Kier molecular flexibility index (Phi) is 4.42. The lowest BCUT2D eigenvalue weighted by Crippen LogP contribution is -2.45.